The van der Waals surface area contributed by atoms with Crippen molar-refractivity contribution >= 4 is 11.7 Å². The summed E-state index contributed by atoms with van der Waals surface area (Å²) in [5, 5.41) is 3.40. The highest BCUT2D eigenvalue weighted by Gasteiger charge is 2.06. The van der Waals surface area contributed by atoms with Gasteiger partial charge in [-0.2, -0.15) is 0 Å². The zero-order chi connectivity index (χ0) is 13.4. The molecule has 0 unspecified atom stereocenters. The molecular weight excluding hydrogens is 226 g/mol. The third-order valence-corrected chi connectivity index (χ3v) is 2.99. The molecular formula is C15H23NO2. The molecule has 3 nitrogen and oxygen atoms in total. The van der Waals surface area contributed by atoms with Crippen molar-refractivity contribution in [2.75, 3.05) is 19.0 Å². The summed E-state index contributed by atoms with van der Waals surface area (Å²) in [6.07, 6.45) is 5.00. The maximum absolute atomic E-state index is 11.4. The van der Waals surface area contributed by atoms with Gasteiger partial charge in [-0.15, -0.1) is 0 Å². The first kappa shape index (κ1) is 14.6. The molecule has 0 aromatic heterocycles. The Hall–Kier alpha value is -1.51. The van der Waals surface area contributed by atoms with E-state index in [1.165, 1.54) is 32.8 Å². The van der Waals surface area contributed by atoms with E-state index in [4.69, 9.17) is 4.74 Å². The monoisotopic (exact) mass is 249 g/mol. The van der Waals surface area contributed by atoms with E-state index in [-0.39, 0.29) is 5.97 Å². The second-order valence-corrected chi connectivity index (χ2v) is 4.51. The third-order valence-electron chi connectivity index (χ3n) is 2.99. The highest BCUT2D eigenvalue weighted by Crippen LogP contribution is 2.17. The van der Waals surface area contributed by atoms with Gasteiger partial charge in [0.15, 0.2) is 0 Å². The topological polar surface area (TPSA) is 38.3 Å². The number of methoxy groups -OCH3 is 1. The minimum absolute atomic E-state index is 0.285. The fraction of sp³-hybridized carbons (Fsp3) is 0.533. The van der Waals surface area contributed by atoms with Crippen LogP contribution < -0.4 is 5.32 Å². The molecule has 18 heavy (non-hydrogen) atoms. The maximum Gasteiger partial charge on any atom is 0.337 e. The number of carbonyl (C=O) groups excluding carboxylic acids is 1. The van der Waals surface area contributed by atoms with Gasteiger partial charge in [0.1, 0.15) is 0 Å². The second-order valence-electron chi connectivity index (χ2n) is 4.51. The van der Waals surface area contributed by atoms with Crippen molar-refractivity contribution in [1.29, 1.82) is 0 Å². The van der Waals surface area contributed by atoms with Crippen LogP contribution in [-0.4, -0.2) is 19.6 Å². The van der Waals surface area contributed by atoms with Gasteiger partial charge in [0, 0.05) is 12.2 Å². The number of benzene rings is 1. The van der Waals surface area contributed by atoms with E-state index in [1.54, 1.807) is 6.07 Å². The normalized spacial score (nSPS) is 10.2. The zero-order valence-corrected chi connectivity index (χ0v) is 11.6. The van der Waals surface area contributed by atoms with Crippen LogP contribution in [0.5, 0.6) is 0 Å². The molecule has 0 bridgehead atoms. The smallest absolute Gasteiger partial charge is 0.337 e. The van der Waals surface area contributed by atoms with Crippen LogP contribution in [0.1, 0.15) is 48.5 Å². The van der Waals surface area contributed by atoms with Crippen molar-refractivity contribution in [1.82, 2.24) is 0 Å². The van der Waals surface area contributed by atoms with Crippen molar-refractivity contribution < 1.29 is 9.53 Å². The number of hydrogen-bond acceptors (Lipinski definition) is 3. The molecule has 0 aliphatic heterocycles. The fourth-order valence-corrected chi connectivity index (χ4v) is 1.88. The quantitative estimate of drug-likeness (QED) is 0.590. The number of hydrogen-bond donors (Lipinski definition) is 1. The number of carbonyl (C=O) groups is 1. The Morgan fingerprint density at radius 1 is 1.28 bits per heavy atom. The van der Waals surface area contributed by atoms with Crippen LogP contribution in [0.3, 0.4) is 0 Å². The summed E-state index contributed by atoms with van der Waals surface area (Å²) >= 11 is 0. The Balaban J connectivity index is 2.49. The maximum atomic E-state index is 11.4. The number of esters is 1. The van der Waals surface area contributed by atoms with Gasteiger partial charge in [-0.3, -0.25) is 0 Å². The fourth-order valence-electron chi connectivity index (χ4n) is 1.88. The highest BCUT2D eigenvalue weighted by atomic mass is 16.5. The molecule has 0 radical (unpaired) electrons. The molecule has 0 atom stereocenters. The van der Waals surface area contributed by atoms with Crippen molar-refractivity contribution in [3.63, 3.8) is 0 Å². The summed E-state index contributed by atoms with van der Waals surface area (Å²) in [4.78, 5) is 11.4. The molecule has 100 valence electrons. The Morgan fingerprint density at radius 3 is 2.67 bits per heavy atom. The standard InChI is InChI=1S/C15H23NO2/c1-4-5-6-7-10-16-14-9-8-13(11-12(14)2)15(17)18-3/h8-9,11,16H,4-7,10H2,1-3H3. The highest BCUT2D eigenvalue weighted by molar-refractivity contribution is 5.90. The predicted octanol–water partition coefficient (Wildman–Crippen LogP) is 3.77. The molecule has 0 saturated heterocycles. The molecule has 0 amide bonds. The van der Waals surface area contributed by atoms with Crippen LogP contribution >= 0.6 is 0 Å². The minimum atomic E-state index is -0.285. The Labute approximate surface area is 110 Å². The number of aryl methyl sites for hydroxylation is 1. The van der Waals surface area contributed by atoms with Gasteiger partial charge >= 0.3 is 5.97 Å². The Morgan fingerprint density at radius 2 is 2.06 bits per heavy atom. The zero-order valence-electron chi connectivity index (χ0n) is 11.6. The van der Waals surface area contributed by atoms with E-state index in [0.717, 1.165) is 17.8 Å². The summed E-state index contributed by atoms with van der Waals surface area (Å²) in [5.41, 5.74) is 2.78. The van der Waals surface area contributed by atoms with Gasteiger partial charge in [-0.1, -0.05) is 26.2 Å². The molecule has 0 saturated carbocycles. The summed E-state index contributed by atoms with van der Waals surface area (Å²) in [6, 6.07) is 5.61. The van der Waals surface area contributed by atoms with Crippen molar-refractivity contribution in [3.05, 3.63) is 29.3 Å². The summed E-state index contributed by atoms with van der Waals surface area (Å²) < 4.78 is 4.70. The first-order chi connectivity index (χ1) is 8.69. The molecule has 1 rings (SSSR count). The van der Waals surface area contributed by atoms with Gasteiger partial charge in [-0.25, -0.2) is 4.79 Å². The van der Waals surface area contributed by atoms with Gasteiger partial charge < -0.3 is 10.1 Å². The Kier molecular flexibility index (Phi) is 6.26. The van der Waals surface area contributed by atoms with E-state index in [0.29, 0.717) is 5.56 Å². The van der Waals surface area contributed by atoms with Gasteiger partial charge in [0.2, 0.25) is 0 Å². The molecule has 0 aliphatic rings. The lowest BCUT2D eigenvalue weighted by atomic mass is 10.1. The van der Waals surface area contributed by atoms with Crippen LogP contribution in [0.4, 0.5) is 5.69 Å². The number of anilines is 1. The molecule has 3 heteroatoms. The van der Waals surface area contributed by atoms with Crippen molar-refractivity contribution in [3.8, 4) is 0 Å². The molecule has 0 spiro atoms. The Bertz CT molecular complexity index is 388. The first-order valence-corrected chi connectivity index (χ1v) is 6.62. The molecule has 0 aliphatic carbocycles. The summed E-state index contributed by atoms with van der Waals surface area (Å²) in [6.45, 7) is 5.20. The largest absolute Gasteiger partial charge is 0.465 e. The molecule has 0 fully saturated rings. The SMILES string of the molecule is CCCCCCNc1ccc(C(=O)OC)cc1C. The second kappa shape index (κ2) is 7.75. The predicted molar refractivity (Wildman–Crippen MR) is 75.2 cm³/mol. The van der Waals surface area contributed by atoms with Gasteiger partial charge in [-0.05, 0) is 37.1 Å². The molecule has 1 aromatic rings. The number of nitrogens with one attached hydrogen (secondary N) is 1. The molecule has 1 aromatic carbocycles. The van der Waals surface area contributed by atoms with E-state index in [9.17, 15) is 4.79 Å². The summed E-state index contributed by atoms with van der Waals surface area (Å²) in [5.74, 6) is -0.285. The van der Waals surface area contributed by atoms with Crippen molar-refractivity contribution in [2.24, 2.45) is 0 Å². The molecule has 0 heterocycles. The molecule has 1 N–H and O–H groups in total. The first-order valence-electron chi connectivity index (χ1n) is 6.62. The van der Waals surface area contributed by atoms with Crippen molar-refractivity contribution in [2.45, 2.75) is 39.5 Å². The third kappa shape index (κ3) is 4.40. The van der Waals surface area contributed by atoms with Crippen LogP contribution in [-0.2, 0) is 4.74 Å². The minimum Gasteiger partial charge on any atom is -0.465 e. The summed E-state index contributed by atoms with van der Waals surface area (Å²) in [7, 11) is 1.40. The lowest BCUT2D eigenvalue weighted by Crippen LogP contribution is -2.05. The number of unbranched alkanes of at least 4 members (excludes halogenated alkanes) is 3. The lowest BCUT2D eigenvalue weighted by molar-refractivity contribution is 0.0600. The van der Waals surface area contributed by atoms with E-state index < -0.39 is 0 Å². The van der Waals surface area contributed by atoms with Crippen LogP contribution in [0, 0.1) is 6.92 Å². The van der Waals surface area contributed by atoms with Crippen LogP contribution in [0.15, 0.2) is 18.2 Å². The average molecular weight is 249 g/mol. The van der Waals surface area contributed by atoms with Gasteiger partial charge in [0.25, 0.3) is 0 Å². The lowest BCUT2D eigenvalue weighted by Gasteiger charge is -2.10. The number of ether oxygens (including phenoxy) is 1. The van der Waals surface area contributed by atoms with E-state index >= 15 is 0 Å². The van der Waals surface area contributed by atoms with Crippen LogP contribution in [0.2, 0.25) is 0 Å². The number of rotatable bonds is 7. The van der Waals surface area contributed by atoms with E-state index in [2.05, 4.69) is 12.2 Å². The van der Waals surface area contributed by atoms with Gasteiger partial charge in [0.05, 0.1) is 12.7 Å². The van der Waals surface area contributed by atoms with Crippen LogP contribution in [0.25, 0.3) is 0 Å². The van der Waals surface area contributed by atoms with E-state index in [1.807, 2.05) is 19.1 Å². The average Bonchev–Trinajstić information content (AvgIpc) is 2.39.